The minimum Gasteiger partial charge on any atom is -0.454 e. The van der Waals surface area contributed by atoms with Crippen LogP contribution in [-0.2, 0) is 20.7 Å². The first-order valence-corrected chi connectivity index (χ1v) is 8.43. The van der Waals surface area contributed by atoms with Crippen molar-refractivity contribution in [3.63, 3.8) is 0 Å². The van der Waals surface area contributed by atoms with E-state index in [0.717, 1.165) is 5.56 Å². The van der Waals surface area contributed by atoms with Gasteiger partial charge in [-0.3, -0.25) is 14.4 Å². The number of fused-ring (bicyclic) bond motifs is 1. The second kappa shape index (κ2) is 7.82. The summed E-state index contributed by atoms with van der Waals surface area (Å²) in [5.41, 5.74) is 2.72. The van der Waals surface area contributed by atoms with Crippen LogP contribution in [0.15, 0.2) is 42.5 Å². The number of benzene rings is 2. The molecule has 1 aliphatic heterocycles. The molecule has 0 radical (unpaired) electrons. The van der Waals surface area contributed by atoms with E-state index in [1.807, 2.05) is 0 Å². The number of carbonyl (C=O) groups excluding carboxylic acids is 4. The van der Waals surface area contributed by atoms with Gasteiger partial charge in [-0.2, -0.15) is 0 Å². The van der Waals surface area contributed by atoms with Crippen LogP contribution in [0, 0.1) is 0 Å². The molecule has 138 valence electrons. The SMILES string of the molecule is CC(=O)Nc1cccc(C(=O)OCC(=O)c2ccc3c(c2)CCC(=O)N3)c1. The largest absolute Gasteiger partial charge is 0.454 e. The number of esters is 1. The van der Waals surface area contributed by atoms with Gasteiger partial charge in [0.1, 0.15) is 0 Å². The van der Waals surface area contributed by atoms with Crippen molar-refractivity contribution >= 4 is 34.9 Å². The lowest BCUT2D eigenvalue weighted by Crippen LogP contribution is -2.20. The highest BCUT2D eigenvalue weighted by atomic mass is 16.5. The second-order valence-corrected chi connectivity index (χ2v) is 6.18. The number of hydrogen-bond donors (Lipinski definition) is 2. The lowest BCUT2D eigenvalue weighted by atomic mass is 9.99. The molecule has 1 heterocycles. The first kappa shape index (κ1) is 18.3. The van der Waals surface area contributed by atoms with Gasteiger partial charge in [0.25, 0.3) is 0 Å². The average Bonchev–Trinajstić information content (AvgIpc) is 2.65. The number of hydrogen-bond acceptors (Lipinski definition) is 5. The van der Waals surface area contributed by atoms with E-state index < -0.39 is 12.6 Å². The summed E-state index contributed by atoms with van der Waals surface area (Å²) in [4.78, 5) is 46.9. The number of rotatable bonds is 5. The van der Waals surface area contributed by atoms with Crippen LogP contribution in [0.2, 0.25) is 0 Å². The van der Waals surface area contributed by atoms with Gasteiger partial charge in [-0.15, -0.1) is 0 Å². The molecule has 0 bridgehead atoms. The van der Waals surface area contributed by atoms with Crippen LogP contribution >= 0.6 is 0 Å². The molecule has 0 aliphatic carbocycles. The van der Waals surface area contributed by atoms with E-state index in [1.165, 1.54) is 13.0 Å². The number of anilines is 2. The molecular formula is C20H18N2O5. The molecule has 7 heteroatoms. The van der Waals surface area contributed by atoms with E-state index in [4.69, 9.17) is 4.74 Å². The van der Waals surface area contributed by atoms with E-state index in [0.29, 0.717) is 29.8 Å². The Morgan fingerprint density at radius 2 is 1.89 bits per heavy atom. The van der Waals surface area contributed by atoms with Crippen LogP contribution in [0.4, 0.5) is 11.4 Å². The van der Waals surface area contributed by atoms with Crippen LogP contribution in [0.5, 0.6) is 0 Å². The van der Waals surface area contributed by atoms with Crippen molar-refractivity contribution in [1.29, 1.82) is 0 Å². The van der Waals surface area contributed by atoms with E-state index in [9.17, 15) is 19.2 Å². The molecule has 0 saturated carbocycles. The maximum atomic E-state index is 12.3. The van der Waals surface area contributed by atoms with Gasteiger partial charge in [0.15, 0.2) is 12.4 Å². The molecule has 27 heavy (non-hydrogen) atoms. The number of carbonyl (C=O) groups is 4. The Bertz CT molecular complexity index is 936. The number of ketones is 1. The van der Waals surface area contributed by atoms with Gasteiger partial charge in [-0.05, 0) is 48.4 Å². The van der Waals surface area contributed by atoms with E-state index in [1.54, 1.807) is 36.4 Å². The standard InChI is InChI=1S/C20H18N2O5/c1-12(23)21-16-4-2-3-15(10-16)20(26)27-11-18(24)14-5-7-17-13(9-14)6-8-19(25)22-17/h2-5,7,9-10H,6,8,11H2,1H3,(H,21,23)(H,22,25). The van der Waals surface area contributed by atoms with Crippen molar-refractivity contribution in [1.82, 2.24) is 0 Å². The minimum absolute atomic E-state index is 0.0444. The molecule has 0 spiro atoms. The maximum absolute atomic E-state index is 12.3. The predicted molar refractivity (Wildman–Crippen MR) is 98.8 cm³/mol. The zero-order chi connectivity index (χ0) is 19.4. The normalized spacial score (nSPS) is 12.6. The molecule has 0 unspecified atom stereocenters. The van der Waals surface area contributed by atoms with Gasteiger partial charge in [0, 0.05) is 30.3 Å². The predicted octanol–water partition coefficient (Wildman–Crippen LogP) is 2.57. The fraction of sp³-hybridized carbons (Fsp3) is 0.200. The monoisotopic (exact) mass is 366 g/mol. The number of aryl methyl sites for hydroxylation is 1. The molecule has 7 nitrogen and oxygen atoms in total. The summed E-state index contributed by atoms with van der Waals surface area (Å²) in [6, 6.07) is 11.3. The summed E-state index contributed by atoms with van der Waals surface area (Å²) in [5, 5.41) is 5.33. The molecule has 0 aromatic heterocycles. The smallest absolute Gasteiger partial charge is 0.338 e. The fourth-order valence-electron chi connectivity index (χ4n) is 2.78. The molecular weight excluding hydrogens is 348 g/mol. The Morgan fingerprint density at radius 1 is 1.07 bits per heavy atom. The van der Waals surface area contributed by atoms with Crippen LogP contribution in [0.25, 0.3) is 0 Å². The van der Waals surface area contributed by atoms with Crippen LogP contribution in [0.3, 0.4) is 0 Å². The second-order valence-electron chi connectivity index (χ2n) is 6.18. The molecule has 3 rings (SSSR count). The summed E-state index contributed by atoms with van der Waals surface area (Å²) >= 11 is 0. The lowest BCUT2D eigenvalue weighted by Gasteiger charge is -2.17. The zero-order valence-corrected chi connectivity index (χ0v) is 14.7. The van der Waals surface area contributed by atoms with Gasteiger partial charge in [0.05, 0.1) is 5.56 Å². The third-order valence-corrected chi connectivity index (χ3v) is 4.08. The van der Waals surface area contributed by atoms with Crippen molar-refractivity contribution < 1.29 is 23.9 Å². The Hall–Kier alpha value is -3.48. The van der Waals surface area contributed by atoms with Crippen molar-refractivity contribution in [3.8, 4) is 0 Å². The van der Waals surface area contributed by atoms with E-state index in [2.05, 4.69) is 10.6 Å². The third-order valence-electron chi connectivity index (χ3n) is 4.08. The number of amides is 2. The summed E-state index contributed by atoms with van der Waals surface area (Å²) in [5.74, 6) is -1.28. The van der Waals surface area contributed by atoms with Crippen molar-refractivity contribution in [2.75, 3.05) is 17.2 Å². The topological polar surface area (TPSA) is 102 Å². The lowest BCUT2D eigenvalue weighted by molar-refractivity contribution is -0.116. The molecule has 0 fully saturated rings. The number of ether oxygens (including phenoxy) is 1. The van der Waals surface area contributed by atoms with Gasteiger partial charge < -0.3 is 15.4 Å². The van der Waals surface area contributed by atoms with Gasteiger partial charge in [-0.1, -0.05) is 6.07 Å². The Labute approximate surface area is 155 Å². The van der Waals surface area contributed by atoms with Gasteiger partial charge in [-0.25, -0.2) is 4.79 Å². The van der Waals surface area contributed by atoms with Gasteiger partial charge in [0.2, 0.25) is 11.8 Å². The third kappa shape index (κ3) is 4.58. The highest BCUT2D eigenvalue weighted by Crippen LogP contribution is 2.23. The molecule has 2 N–H and O–H groups in total. The zero-order valence-electron chi connectivity index (χ0n) is 14.7. The molecule has 1 aliphatic rings. The quantitative estimate of drug-likeness (QED) is 0.625. The van der Waals surface area contributed by atoms with Crippen LogP contribution < -0.4 is 10.6 Å². The Balaban J connectivity index is 1.63. The summed E-state index contributed by atoms with van der Waals surface area (Å²) in [6.45, 7) is 0.974. The van der Waals surface area contributed by atoms with Gasteiger partial charge >= 0.3 is 5.97 Å². The summed E-state index contributed by atoms with van der Waals surface area (Å²) < 4.78 is 5.09. The Kier molecular flexibility index (Phi) is 5.30. The highest BCUT2D eigenvalue weighted by molar-refractivity contribution is 6.01. The molecule has 2 aromatic rings. The summed E-state index contributed by atoms with van der Waals surface area (Å²) in [7, 11) is 0. The number of nitrogens with one attached hydrogen (secondary N) is 2. The molecule has 2 aromatic carbocycles. The van der Waals surface area contributed by atoms with E-state index >= 15 is 0 Å². The summed E-state index contributed by atoms with van der Waals surface area (Å²) in [6.07, 6.45) is 0.947. The molecule has 2 amide bonds. The van der Waals surface area contributed by atoms with E-state index in [-0.39, 0.29) is 23.2 Å². The number of Topliss-reactive ketones (excluding diaryl/α,β-unsaturated/α-hetero) is 1. The van der Waals surface area contributed by atoms with Crippen LogP contribution in [-0.4, -0.2) is 30.2 Å². The maximum Gasteiger partial charge on any atom is 0.338 e. The first-order chi connectivity index (χ1) is 12.9. The molecule has 0 atom stereocenters. The first-order valence-electron chi connectivity index (χ1n) is 8.43. The van der Waals surface area contributed by atoms with Crippen molar-refractivity contribution in [2.45, 2.75) is 19.8 Å². The van der Waals surface area contributed by atoms with Crippen molar-refractivity contribution in [2.24, 2.45) is 0 Å². The fourth-order valence-corrected chi connectivity index (χ4v) is 2.78. The van der Waals surface area contributed by atoms with Crippen LogP contribution in [0.1, 0.15) is 39.6 Å². The Morgan fingerprint density at radius 3 is 2.67 bits per heavy atom. The molecule has 0 saturated heterocycles. The van der Waals surface area contributed by atoms with Crippen molar-refractivity contribution in [3.05, 3.63) is 59.2 Å². The average molecular weight is 366 g/mol. The minimum atomic E-state index is -0.652. The highest BCUT2D eigenvalue weighted by Gasteiger charge is 2.18.